The Morgan fingerprint density at radius 2 is 1.79 bits per heavy atom. The number of carbonyl (C=O) groups excluding carboxylic acids is 1. The zero-order chi connectivity index (χ0) is 20.4. The Balaban J connectivity index is 1.59. The van der Waals surface area contributed by atoms with Gasteiger partial charge in [0.15, 0.2) is 5.13 Å². The van der Waals surface area contributed by atoms with Crippen molar-refractivity contribution >= 4 is 28.1 Å². The van der Waals surface area contributed by atoms with E-state index in [2.05, 4.69) is 10.3 Å². The van der Waals surface area contributed by atoms with Crippen LogP contribution in [0.2, 0.25) is 0 Å². The molecule has 0 unspecified atom stereocenters. The average molecular weight is 410 g/mol. The number of benzene rings is 2. The summed E-state index contributed by atoms with van der Waals surface area (Å²) < 4.78 is 0. The fraction of sp³-hybridized carbons (Fsp3) is 0.273. The highest BCUT2D eigenvalue weighted by atomic mass is 32.1. The number of nitrogens with one attached hydrogen (secondary N) is 1. The number of hydrogen-bond acceptors (Lipinski definition) is 6. The summed E-state index contributed by atoms with van der Waals surface area (Å²) in [5.74, 6) is -0.0594. The van der Waals surface area contributed by atoms with Gasteiger partial charge in [0, 0.05) is 28.3 Å². The highest BCUT2D eigenvalue weighted by molar-refractivity contribution is 7.14. The quantitative estimate of drug-likeness (QED) is 0.468. The number of thiazole rings is 1. The molecule has 0 radical (unpaired) electrons. The van der Waals surface area contributed by atoms with Crippen LogP contribution >= 0.6 is 11.3 Å². The first-order chi connectivity index (χ1) is 14.0. The van der Waals surface area contributed by atoms with Crippen LogP contribution in [-0.2, 0) is 0 Å². The van der Waals surface area contributed by atoms with Crippen LogP contribution in [0.5, 0.6) is 11.5 Å². The summed E-state index contributed by atoms with van der Waals surface area (Å²) >= 11 is 1.43. The zero-order valence-corrected chi connectivity index (χ0v) is 16.7. The molecule has 150 valence electrons. The van der Waals surface area contributed by atoms with E-state index in [1.54, 1.807) is 18.2 Å². The predicted octanol–water partition coefficient (Wildman–Crippen LogP) is 5.11. The van der Waals surface area contributed by atoms with E-state index in [0.717, 1.165) is 24.1 Å². The van der Waals surface area contributed by atoms with Gasteiger partial charge < -0.3 is 21.3 Å². The normalized spacial score (nSPS) is 14.6. The number of aromatic nitrogens is 1. The fourth-order valence-corrected chi connectivity index (χ4v) is 4.69. The molecule has 3 aromatic rings. The molecule has 1 amide bonds. The zero-order valence-electron chi connectivity index (χ0n) is 15.9. The Hall–Kier alpha value is -3.06. The number of aromatic hydroxyl groups is 2. The van der Waals surface area contributed by atoms with E-state index in [-0.39, 0.29) is 11.5 Å². The number of primary amides is 1. The number of rotatable bonds is 5. The largest absolute Gasteiger partial charge is 0.508 e. The van der Waals surface area contributed by atoms with Crippen molar-refractivity contribution in [2.24, 2.45) is 5.73 Å². The Kier molecular flexibility index (Phi) is 5.40. The van der Waals surface area contributed by atoms with Crippen LogP contribution in [-0.4, -0.2) is 21.1 Å². The monoisotopic (exact) mass is 409 g/mol. The first kappa shape index (κ1) is 19.3. The summed E-state index contributed by atoms with van der Waals surface area (Å²) in [5.41, 5.74) is 9.36. The van der Waals surface area contributed by atoms with Crippen molar-refractivity contribution in [2.75, 3.05) is 5.32 Å². The van der Waals surface area contributed by atoms with Crippen LogP contribution in [0.25, 0.3) is 11.3 Å². The molecule has 29 heavy (non-hydrogen) atoms. The molecule has 0 aliphatic heterocycles. The Labute approximate surface area is 173 Å². The van der Waals surface area contributed by atoms with Crippen molar-refractivity contribution in [1.82, 2.24) is 4.98 Å². The van der Waals surface area contributed by atoms with Gasteiger partial charge in [-0.1, -0.05) is 19.3 Å². The van der Waals surface area contributed by atoms with Gasteiger partial charge in [0.2, 0.25) is 5.91 Å². The van der Waals surface area contributed by atoms with Crippen molar-refractivity contribution in [3.63, 3.8) is 0 Å². The maximum Gasteiger partial charge on any atom is 0.248 e. The fourth-order valence-electron chi connectivity index (χ4n) is 3.95. The molecule has 1 fully saturated rings. The molecule has 0 atom stereocenters. The van der Waals surface area contributed by atoms with Gasteiger partial charge in [-0.2, -0.15) is 0 Å². The SMILES string of the molecule is NC(=O)c1ccc(Nc2nc(-c3cc(O)cc(O)c3)cs2)cc1C1CCCCC1. The first-order valence-corrected chi connectivity index (χ1v) is 10.6. The van der Waals surface area contributed by atoms with Crippen LogP contribution in [0.3, 0.4) is 0 Å². The van der Waals surface area contributed by atoms with E-state index in [0.29, 0.717) is 27.9 Å². The van der Waals surface area contributed by atoms with Gasteiger partial charge in [0.1, 0.15) is 11.5 Å². The molecule has 4 rings (SSSR count). The van der Waals surface area contributed by atoms with Crippen molar-refractivity contribution in [1.29, 1.82) is 0 Å². The lowest BCUT2D eigenvalue weighted by atomic mass is 9.82. The minimum atomic E-state index is -0.391. The van der Waals surface area contributed by atoms with E-state index >= 15 is 0 Å². The highest BCUT2D eigenvalue weighted by Gasteiger charge is 2.21. The number of carbonyl (C=O) groups is 1. The lowest BCUT2D eigenvalue weighted by molar-refractivity contribution is 0.0998. The van der Waals surface area contributed by atoms with Crippen molar-refractivity contribution < 1.29 is 15.0 Å². The molecule has 0 bridgehead atoms. The highest BCUT2D eigenvalue weighted by Crippen LogP contribution is 2.37. The number of anilines is 2. The maximum atomic E-state index is 11.9. The lowest BCUT2D eigenvalue weighted by Gasteiger charge is -2.24. The van der Waals surface area contributed by atoms with Gasteiger partial charge in [-0.15, -0.1) is 11.3 Å². The topological polar surface area (TPSA) is 108 Å². The molecule has 1 heterocycles. The van der Waals surface area contributed by atoms with Crippen LogP contribution in [0, 0.1) is 0 Å². The van der Waals surface area contributed by atoms with E-state index in [1.165, 1.54) is 36.7 Å². The Morgan fingerprint density at radius 3 is 2.48 bits per heavy atom. The van der Waals surface area contributed by atoms with Crippen molar-refractivity contribution in [3.8, 4) is 22.8 Å². The smallest absolute Gasteiger partial charge is 0.248 e. The number of amides is 1. The Morgan fingerprint density at radius 1 is 1.07 bits per heavy atom. The molecule has 0 saturated heterocycles. The third-order valence-electron chi connectivity index (χ3n) is 5.32. The second-order valence-electron chi connectivity index (χ2n) is 7.40. The molecule has 1 saturated carbocycles. The summed E-state index contributed by atoms with van der Waals surface area (Å²) in [6.07, 6.45) is 5.74. The average Bonchev–Trinajstić information content (AvgIpc) is 3.16. The van der Waals surface area contributed by atoms with E-state index < -0.39 is 5.91 Å². The van der Waals surface area contributed by atoms with E-state index in [9.17, 15) is 15.0 Å². The third-order valence-corrected chi connectivity index (χ3v) is 6.07. The second kappa shape index (κ2) is 8.13. The van der Waals surface area contributed by atoms with Crippen LogP contribution in [0.4, 0.5) is 10.8 Å². The molecule has 1 aliphatic rings. The molecular weight excluding hydrogens is 386 g/mol. The first-order valence-electron chi connectivity index (χ1n) is 9.69. The van der Waals surface area contributed by atoms with Gasteiger partial charge in [-0.3, -0.25) is 4.79 Å². The van der Waals surface area contributed by atoms with Crippen molar-refractivity contribution in [3.05, 3.63) is 52.9 Å². The number of nitrogens with two attached hydrogens (primary N) is 1. The van der Waals surface area contributed by atoms with Gasteiger partial charge in [0.25, 0.3) is 0 Å². The lowest BCUT2D eigenvalue weighted by Crippen LogP contribution is -2.17. The molecule has 7 heteroatoms. The van der Waals surface area contributed by atoms with Gasteiger partial charge >= 0.3 is 0 Å². The van der Waals surface area contributed by atoms with Gasteiger partial charge in [-0.05, 0) is 54.7 Å². The van der Waals surface area contributed by atoms with Crippen molar-refractivity contribution in [2.45, 2.75) is 38.0 Å². The molecule has 1 aliphatic carbocycles. The number of hydrogen-bond donors (Lipinski definition) is 4. The molecule has 0 spiro atoms. The number of nitrogens with zero attached hydrogens (tertiary/aromatic N) is 1. The minimum absolute atomic E-state index is 0.0123. The second-order valence-corrected chi connectivity index (χ2v) is 8.26. The number of phenolic OH excluding ortho intramolecular Hbond substituents is 2. The summed E-state index contributed by atoms with van der Waals surface area (Å²) in [4.78, 5) is 16.5. The van der Waals surface area contributed by atoms with Gasteiger partial charge in [-0.25, -0.2) is 4.98 Å². The van der Waals surface area contributed by atoms with Gasteiger partial charge in [0.05, 0.1) is 5.69 Å². The Bertz CT molecular complexity index is 1020. The standard InChI is InChI=1S/C22H23N3O3S/c23-21(28)18-7-6-15(10-19(18)13-4-2-1-3-5-13)24-22-25-20(12-29-22)14-8-16(26)11-17(27)9-14/h6-13,26-27H,1-5H2,(H2,23,28)(H,24,25). The summed E-state index contributed by atoms with van der Waals surface area (Å²) in [7, 11) is 0. The van der Waals surface area contributed by atoms with Crippen LogP contribution in [0.1, 0.15) is 53.9 Å². The molecular formula is C22H23N3O3S. The summed E-state index contributed by atoms with van der Waals surface area (Å²) in [6, 6.07) is 10.0. The molecule has 5 N–H and O–H groups in total. The van der Waals surface area contributed by atoms with E-state index in [1.807, 2.05) is 17.5 Å². The minimum Gasteiger partial charge on any atom is -0.508 e. The molecule has 6 nitrogen and oxygen atoms in total. The van der Waals surface area contributed by atoms with E-state index in [4.69, 9.17) is 5.73 Å². The third kappa shape index (κ3) is 4.35. The molecule has 1 aromatic heterocycles. The predicted molar refractivity (Wildman–Crippen MR) is 115 cm³/mol. The van der Waals surface area contributed by atoms with Crippen LogP contribution in [0.15, 0.2) is 41.8 Å². The van der Waals surface area contributed by atoms with Crippen LogP contribution < -0.4 is 11.1 Å². The summed E-state index contributed by atoms with van der Waals surface area (Å²) in [5, 5.41) is 25.2. The number of phenols is 2. The molecule has 2 aromatic carbocycles. The maximum absolute atomic E-state index is 11.9. The summed E-state index contributed by atoms with van der Waals surface area (Å²) in [6.45, 7) is 0.